The number of nitrogens with two attached hydrogens (primary N) is 1. The van der Waals surface area contributed by atoms with Crippen molar-refractivity contribution in [3.63, 3.8) is 0 Å². The van der Waals surface area contributed by atoms with Gasteiger partial charge in [0.1, 0.15) is 0 Å². The molecule has 0 radical (unpaired) electrons. The quantitative estimate of drug-likeness (QED) is 0.766. The highest BCUT2D eigenvalue weighted by molar-refractivity contribution is 7.90. The van der Waals surface area contributed by atoms with Crippen molar-refractivity contribution in [1.82, 2.24) is 4.72 Å². The van der Waals surface area contributed by atoms with Crippen LogP contribution in [0.1, 0.15) is 58.8 Å². The summed E-state index contributed by atoms with van der Waals surface area (Å²) in [6.45, 7) is 4.46. The summed E-state index contributed by atoms with van der Waals surface area (Å²) in [6.07, 6.45) is 6.30. The molecule has 1 unspecified atom stereocenters. The number of rotatable bonds is 6. The van der Waals surface area contributed by atoms with Crippen LogP contribution in [0, 0.1) is 0 Å². The first-order valence-corrected chi connectivity index (χ1v) is 8.21. The van der Waals surface area contributed by atoms with E-state index in [0.717, 1.165) is 32.1 Å². The van der Waals surface area contributed by atoms with E-state index in [-0.39, 0.29) is 10.8 Å². The molecule has 1 atom stereocenters. The Morgan fingerprint density at radius 2 is 1.88 bits per heavy atom. The molecule has 0 heterocycles. The smallest absolute Gasteiger partial charge is 0.214 e. The number of sulfonamides is 1. The highest BCUT2D eigenvalue weighted by Gasteiger charge is 2.33. The largest absolute Gasteiger partial charge is 0.330 e. The Labute approximate surface area is 105 Å². The van der Waals surface area contributed by atoms with Crippen molar-refractivity contribution in [2.45, 2.75) is 69.6 Å². The standard InChI is InChI=1S/C12H26N2O2S/c1-3-12(2,9-10-13)14-17(15,16)11-7-5-4-6-8-11/h11,14H,3-10,13H2,1-2H3. The zero-order valence-electron chi connectivity index (χ0n) is 11.0. The molecular formula is C12H26N2O2S. The summed E-state index contributed by atoms with van der Waals surface area (Å²) >= 11 is 0. The van der Waals surface area contributed by atoms with Gasteiger partial charge in [-0.1, -0.05) is 26.2 Å². The number of hydrogen-bond acceptors (Lipinski definition) is 3. The van der Waals surface area contributed by atoms with Crippen molar-refractivity contribution in [1.29, 1.82) is 0 Å². The minimum atomic E-state index is -3.18. The zero-order valence-corrected chi connectivity index (χ0v) is 11.9. The molecule has 17 heavy (non-hydrogen) atoms. The third-order valence-corrected chi connectivity index (χ3v) is 5.98. The maximum Gasteiger partial charge on any atom is 0.214 e. The van der Waals surface area contributed by atoms with E-state index in [1.165, 1.54) is 6.42 Å². The number of hydrogen-bond donors (Lipinski definition) is 2. The fourth-order valence-electron chi connectivity index (χ4n) is 2.42. The van der Waals surface area contributed by atoms with Gasteiger partial charge >= 0.3 is 0 Å². The summed E-state index contributed by atoms with van der Waals surface area (Å²) in [5.74, 6) is 0. The first-order valence-electron chi connectivity index (χ1n) is 6.66. The molecule has 0 aromatic rings. The summed E-state index contributed by atoms with van der Waals surface area (Å²) in [5, 5.41) is -0.195. The third-order valence-electron chi connectivity index (χ3n) is 3.86. The van der Waals surface area contributed by atoms with Gasteiger partial charge in [0.15, 0.2) is 0 Å². The van der Waals surface area contributed by atoms with Gasteiger partial charge in [-0.2, -0.15) is 0 Å². The van der Waals surface area contributed by atoms with Crippen LogP contribution in [0.4, 0.5) is 0 Å². The van der Waals surface area contributed by atoms with Crippen LogP contribution in [0.5, 0.6) is 0 Å². The van der Waals surface area contributed by atoms with E-state index in [4.69, 9.17) is 5.73 Å². The normalized spacial score (nSPS) is 22.3. The van der Waals surface area contributed by atoms with Crippen LogP contribution in [-0.2, 0) is 10.0 Å². The van der Waals surface area contributed by atoms with Gasteiger partial charge in [0.05, 0.1) is 5.25 Å². The molecular weight excluding hydrogens is 236 g/mol. The van der Waals surface area contributed by atoms with Gasteiger partial charge in [0, 0.05) is 5.54 Å². The lowest BCUT2D eigenvalue weighted by molar-refractivity contribution is 0.371. The molecule has 1 saturated carbocycles. The van der Waals surface area contributed by atoms with Crippen LogP contribution < -0.4 is 10.5 Å². The predicted molar refractivity (Wildman–Crippen MR) is 71.3 cm³/mol. The predicted octanol–water partition coefficient (Wildman–Crippen LogP) is 1.76. The van der Waals surface area contributed by atoms with Gasteiger partial charge in [-0.05, 0) is 39.2 Å². The average Bonchev–Trinajstić information content (AvgIpc) is 2.30. The maximum atomic E-state index is 12.3. The van der Waals surface area contributed by atoms with Crippen molar-refractivity contribution in [3.05, 3.63) is 0 Å². The highest BCUT2D eigenvalue weighted by atomic mass is 32.2. The Kier molecular flexibility index (Phi) is 5.41. The van der Waals surface area contributed by atoms with E-state index in [9.17, 15) is 8.42 Å². The monoisotopic (exact) mass is 262 g/mol. The van der Waals surface area contributed by atoms with Crippen LogP contribution in [0.15, 0.2) is 0 Å². The van der Waals surface area contributed by atoms with E-state index < -0.39 is 10.0 Å². The second-order valence-electron chi connectivity index (χ2n) is 5.36. The van der Waals surface area contributed by atoms with Gasteiger partial charge in [-0.3, -0.25) is 0 Å². The summed E-state index contributed by atoms with van der Waals surface area (Å²) in [7, 11) is -3.18. The Morgan fingerprint density at radius 1 is 1.29 bits per heavy atom. The van der Waals surface area contributed by atoms with Gasteiger partial charge in [-0.15, -0.1) is 0 Å². The molecule has 0 aliphatic heterocycles. The molecule has 0 bridgehead atoms. The fourth-order valence-corrected chi connectivity index (χ4v) is 4.47. The van der Waals surface area contributed by atoms with E-state index in [0.29, 0.717) is 13.0 Å². The molecule has 0 aromatic carbocycles. The third kappa shape index (κ3) is 4.23. The Bertz CT molecular complexity index is 323. The summed E-state index contributed by atoms with van der Waals surface area (Å²) in [4.78, 5) is 0. The molecule has 4 nitrogen and oxygen atoms in total. The summed E-state index contributed by atoms with van der Waals surface area (Å²) in [6, 6.07) is 0. The molecule has 0 aromatic heterocycles. The van der Waals surface area contributed by atoms with Gasteiger partial charge in [-0.25, -0.2) is 13.1 Å². The lowest BCUT2D eigenvalue weighted by Gasteiger charge is -2.32. The molecule has 0 amide bonds. The average molecular weight is 262 g/mol. The van der Waals surface area contributed by atoms with Crippen LogP contribution in [0.25, 0.3) is 0 Å². The summed E-state index contributed by atoms with van der Waals surface area (Å²) in [5.41, 5.74) is 5.17. The first kappa shape index (κ1) is 14.9. The highest BCUT2D eigenvalue weighted by Crippen LogP contribution is 2.25. The molecule has 3 N–H and O–H groups in total. The number of nitrogens with one attached hydrogen (secondary N) is 1. The van der Waals surface area contributed by atoms with Crippen molar-refractivity contribution in [3.8, 4) is 0 Å². The Morgan fingerprint density at radius 3 is 2.35 bits per heavy atom. The van der Waals surface area contributed by atoms with Crippen molar-refractivity contribution < 1.29 is 8.42 Å². The molecule has 102 valence electrons. The molecule has 5 heteroatoms. The fraction of sp³-hybridized carbons (Fsp3) is 1.00. The maximum absolute atomic E-state index is 12.3. The second kappa shape index (κ2) is 6.16. The van der Waals surface area contributed by atoms with Gasteiger partial charge in [0.2, 0.25) is 10.0 Å². The lowest BCUT2D eigenvalue weighted by atomic mass is 9.96. The van der Waals surface area contributed by atoms with Gasteiger partial charge < -0.3 is 5.73 Å². The van der Waals surface area contributed by atoms with Crippen LogP contribution in [0.2, 0.25) is 0 Å². The molecule has 1 fully saturated rings. The second-order valence-corrected chi connectivity index (χ2v) is 7.32. The van der Waals surface area contributed by atoms with Crippen LogP contribution in [-0.4, -0.2) is 25.8 Å². The molecule has 1 rings (SSSR count). The summed E-state index contributed by atoms with van der Waals surface area (Å²) < 4.78 is 27.4. The SMILES string of the molecule is CCC(C)(CCN)NS(=O)(=O)C1CCCCC1. The van der Waals surface area contributed by atoms with Gasteiger partial charge in [0.25, 0.3) is 0 Å². The van der Waals surface area contributed by atoms with Crippen LogP contribution >= 0.6 is 0 Å². The topological polar surface area (TPSA) is 72.2 Å². The van der Waals surface area contributed by atoms with Crippen molar-refractivity contribution in [2.24, 2.45) is 5.73 Å². The zero-order chi connectivity index (χ0) is 12.9. The van der Waals surface area contributed by atoms with Crippen molar-refractivity contribution >= 4 is 10.0 Å². The Balaban J connectivity index is 2.69. The van der Waals surface area contributed by atoms with E-state index >= 15 is 0 Å². The first-order chi connectivity index (χ1) is 7.93. The van der Waals surface area contributed by atoms with E-state index in [2.05, 4.69) is 4.72 Å². The lowest BCUT2D eigenvalue weighted by Crippen LogP contribution is -2.50. The molecule has 0 saturated heterocycles. The van der Waals surface area contributed by atoms with Crippen molar-refractivity contribution in [2.75, 3.05) is 6.54 Å². The molecule has 1 aliphatic rings. The molecule has 1 aliphatic carbocycles. The minimum Gasteiger partial charge on any atom is -0.330 e. The minimum absolute atomic E-state index is 0.195. The Hall–Kier alpha value is -0.130. The molecule has 0 spiro atoms. The van der Waals surface area contributed by atoms with E-state index in [1.54, 1.807) is 0 Å². The van der Waals surface area contributed by atoms with Crippen LogP contribution in [0.3, 0.4) is 0 Å². The van der Waals surface area contributed by atoms with E-state index in [1.807, 2.05) is 13.8 Å².